The highest BCUT2D eigenvalue weighted by atomic mass is 16.6. The number of methoxy groups -OCH3 is 6. The number of benzene rings is 3. The quantitative estimate of drug-likeness (QED) is 0.0290. The van der Waals surface area contributed by atoms with Crippen molar-refractivity contribution in [2.45, 2.75) is 69.4 Å². The SMILES string of the molecule is COC(=O)CN(CC(=O)OC)Cc1cc(C#CCCCCn2c(=O)ccn([C@H]3C[C@H](O)[C@@H](COC(c4ccccc4)(c4ccc(OC)cc4)c4ccc(OC)cc4)O3)c2=O)cc(CN(CC(=O)OC)CC(=O)OC)n1. The van der Waals surface area contributed by atoms with Gasteiger partial charge in [0.1, 0.15) is 29.4 Å². The van der Waals surface area contributed by atoms with Gasteiger partial charge in [0, 0.05) is 50.3 Å². The lowest BCUT2D eigenvalue weighted by Gasteiger charge is -2.37. The summed E-state index contributed by atoms with van der Waals surface area (Å²) in [4.78, 5) is 83.8. The number of carbonyl (C=O) groups is 4. The molecule has 20 heteroatoms. The van der Waals surface area contributed by atoms with Gasteiger partial charge in [-0.3, -0.25) is 47.9 Å². The van der Waals surface area contributed by atoms with Crippen LogP contribution in [-0.2, 0) is 72.8 Å². The summed E-state index contributed by atoms with van der Waals surface area (Å²) in [6.07, 6.45) is -0.0583. The molecule has 0 bridgehead atoms. The van der Waals surface area contributed by atoms with Gasteiger partial charge in [0.05, 0.1) is 92.9 Å². The van der Waals surface area contributed by atoms with Crippen molar-refractivity contribution in [1.29, 1.82) is 0 Å². The largest absolute Gasteiger partial charge is 0.497 e. The van der Waals surface area contributed by atoms with Gasteiger partial charge >= 0.3 is 29.6 Å². The molecule has 5 aromatic rings. The molecule has 20 nitrogen and oxygen atoms in total. The standard InChI is InChI=1S/C55H63N5O15/c1-68-44-21-17-40(18-22-44)55(39-15-11-9-12-16-39,41-19-23-45(69-2)24-20-41)74-37-47-46(61)30-49(75-47)60-27-25-48(62)59(54(60)67)26-13-8-7-10-14-38-28-42(31-57(33-50(63)70-3)34-51(64)71-4)56-43(29-38)32-58(35-52(65)72-5)36-53(66)73-6/h9,11-12,15-25,27-29,46-47,49,61H,7-8,13,26,30-37H2,1-6H3/t46-,47+,49+/m0/s1. The summed E-state index contributed by atoms with van der Waals surface area (Å²) < 4.78 is 46.0. The number of aromatic nitrogens is 3. The highest BCUT2D eigenvalue weighted by Crippen LogP contribution is 2.42. The second kappa shape index (κ2) is 27.6. The third kappa shape index (κ3) is 15.2. The molecule has 1 aliphatic heterocycles. The lowest BCUT2D eigenvalue weighted by Crippen LogP contribution is -2.40. The first-order valence-corrected chi connectivity index (χ1v) is 24.1. The van der Waals surface area contributed by atoms with Gasteiger partial charge in [-0.05, 0) is 65.9 Å². The van der Waals surface area contributed by atoms with Gasteiger partial charge in [-0.2, -0.15) is 0 Å². The van der Waals surface area contributed by atoms with Gasteiger partial charge in [-0.1, -0.05) is 66.4 Å². The molecule has 3 atom stereocenters. The van der Waals surface area contributed by atoms with E-state index in [9.17, 15) is 33.9 Å². The van der Waals surface area contributed by atoms with Crippen LogP contribution in [0.2, 0.25) is 0 Å². The van der Waals surface area contributed by atoms with Crippen LogP contribution in [0.25, 0.3) is 0 Å². The van der Waals surface area contributed by atoms with Crippen molar-refractivity contribution in [1.82, 2.24) is 23.9 Å². The van der Waals surface area contributed by atoms with E-state index >= 15 is 0 Å². The fourth-order valence-corrected chi connectivity index (χ4v) is 8.59. The summed E-state index contributed by atoms with van der Waals surface area (Å²) in [5.41, 5.74) is 1.49. The molecular formula is C55H63N5O15. The first-order valence-electron chi connectivity index (χ1n) is 24.1. The van der Waals surface area contributed by atoms with E-state index in [4.69, 9.17) is 42.9 Å². The number of hydrogen-bond donors (Lipinski definition) is 1. The van der Waals surface area contributed by atoms with Gasteiger partial charge in [0.2, 0.25) is 0 Å². The number of hydrogen-bond acceptors (Lipinski definition) is 18. The molecular weight excluding hydrogens is 971 g/mol. The van der Waals surface area contributed by atoms with Gasteiger partial charge in [0.15, 0.2) is 0 Å². The fraction of sp³-hybridized carbons (Fsp3) is 0.400. The topological polar surface area (TPSA) is 226 Å². The Kier molecular flexibility index (Phi) is 20.8. The molecule has 1 saturated heterocycles. The lowest BCUT2D eigenvalue weighted by molar-refractivity contribution is -0.147. The van der Waals surface area contributed by atoms with Crippen molar-refractivity contribution in [2.75, 3.05) is 75.4 Å². The summed E-state index contributed by atoms with van der Waals surface area (Å²) in [5.74, 6) is 5.22. The Bertz CT molecular complexity index is 2750. The van der Waals surface area contributed by atoms with E-state index in [0.717, 1.165) is 21.3 Å². The Balaban J connectivity index is 1.16. The number of esters is 4. The van der Waals surface area contributed by atoms with Crippen molar-refractivity contribution in [3.8, 4) is 23.3 Å². The lowest BCUT2D eigenvalue weighted by atomic mass is 9.80. The summed E-state index contributed by atoms with van der Waals surface area (Å²) in [5, 5.41) is 11.4. The first kappa shape index (κ1) is 56.6. The summed E-state index contributed by atoms with van der Waals surface area (Å²) in [6, 6.07) is 29.5. The number of ether oxygens (including phenoxy) is 8. The smallest absolute Gasteiger partial charge is 0.333 e. The van der Waals surface area contributed by atoms with Crippen LogP contribution >= 0.6 is 0 Å². The van der Waals surface area contributed by atoms with Crippen LogP contribution < -0.4 is 20.7 Å². The van der Waals surface area contributed by atoms with Gasteiger partial charge in [-0.25, -0.2) is 4.79 Å². The van der Waals surface area contributed by atoms with Crippen molar-refractivity contribution in [2.24, 2.45) is 0 Å². The molecule has 3 aromatic carbocycles. The predicted molar refractivity (Wildman–Crippen MR) is 271 cm³/mol. The molecule has 6 rings (SSSR count). The zero-order valence-corrected chi connectivity index (χ0v) is 42.9. The average Bonchev–Trinajstić information content (AvgIpc) is 3.79. The third-order valence-corrected chi connectivity index (χ3v) is 12.4. The number of carbonyl (C=O) groups excluding carboxylic acids is 4. The highest BCUT2D eigenvalue weighted by molar-refractivity contribution is 5.75. The molecule has 0 saturated carbocycles. The number of rotatable bonds is 25. The second-order valence-corrected chi connectivity index (χ2v) is 17.4. The van der Waals surface area contributed by atoms with E-state index in [2.05, 4.69) is 11.8 Å². The molecule has 1 fully saturated rings. The summed E-state index contributed by atoms with van der Waals surface area (Å²) >= 11 is 0. The Morgan fingerprint density at radius 1 is 0.693 bits per heavy atom. The Labute approximate surface area is 434 Å². The van der Waals surface area contributed by atoms with E-state index in [1.807, 2.05) is 78.9 Å². The molecule has 0 amide bonds. The molecule has 75 heavy (non-hydrogen) atoms. The van der Waals surface area contributed by atoms with Crippen LogP contribution in [0.1, 0.15) is 65.6 Å². The molecule has 1 N–H and O–H groups in total. The van der Waals surface area contributed by atoms with Crippen LogP contribution in [0.5, 0.6) is 11.5 Å². The molecule has 0 spiro atoms. The summed E-state index contributed by atoms with van der Waals surface area (Å²) in [7, 11) is 8.11. The molecule has 0 radical (unpaired) electrons. The molecule has 3 heterocycles. The molecule has 398 valence electrons. The van der Waals surface area contributed by atoms with Crippen LogP contribution in [0.3, 0.4) is 0 Å². The molecule has 1 aliphatic rings. The fourth-order valence-electron chi connectivity index (χ4n) is 8.59. The summed E-state index contributed by atoms with van der Waals surface area (Å²) in [6.45, 7) is -0.960. The van der Waals surface area contributed by atoms with Crippen LogP contribution in [0.15, 0.2) is 113 Å². The van der Waals surface area contributed by atoms with Crippen LogP contribution in [-0.4, -0.2) is 141 Å². The van der Waals surface area contributed by atoms with E-state index in [1.54, 1.807) is 26.4 Å². The van der Waals surface area contributed by atoms with Crippen LogP contribution in [0, 0.1) is 11.8 Å². The van der Waals surface area contributed by atoms with Gasteiger partial charge in [0.25, 0.3) is 5.56 Å². The Morgan fingerprint density at radius 3 is 1.67 bits per heavy atom. The maximum absolute atomic E-state index is 14.0. The minimum atomic E-state index is -1.18. The monoisotopic (exact) mass is 1030 g/mol. The van der Waals surface area contributed by atoms with Gasteiger partial charge in [-0.15, -0.1) is 0 Å². The van der Waals surface area contributed by atoms with E-state index in [0.29, 0.717) is 47.7 Å². The van der Waals surface area contributed by atoms with E-state index < -0.39 is 59.2 Å². The van der Waals surface area contributed by atoms with Crippen molar-refractivity contribution >= 4 is 23.9 Å². The van der Waals surface area contributed by atoms with Crippen LogP contribution in [0.4, 0.5) is 0 Å². The Morgan fingerprint density at radius 2 is 1.19 bits per heavy atom. The van der Waals surface area contributed by atoms with Crippen molar-refractivity contribution < 1.29 is 62.2 Å². The van der Waals surface area contributed by atoms with E-state index in [-0.39, 0.29) is 58.8 Å². The zero-order valence-electron chi connectivity index (χ0n) is 42.9. The molecule has 2 aromatic heterocycles. The number of aliphatic hydroxyl groups is 1. The predicted octanol–water partition coefficient (Wildman–Crippen LogP) is 3.60. The maximum Gasteiger partial charge on any atom is 0.333 e. The molecule has 0 aliphatic carbocycles. The third-order valence-electron chi connectivity index (χ3n) is 12.4. The number of aliphatic hydroxyl groups excluding tert-OH is 1. The molecule has 0 unspecified atom stereocenters. The second-order valence-electron chi connectivity index (χ2n) is 17.4. The van der Waals surface area contributed by atoms with E-state index in [1.165, 1.54) is 55.1 Å². The minimum Gasteiger partial charge on any atom is -0.497 e. The Hall–Kier alpha value is -7.67. The van der Waals surface area contributed by atoms with Crippen molar-refractivity contribution in [3.05, 3.63) is 158 Å². The number of nitrogens with zero attached hydrogens (tertiary/aromatic N) is 5. The highest BCUT2D eigenvalue weighted by Gasteiger charge is 2.42. The zero-order chi connectivity index (χ0) is 53.9. The number of unbranched alkanes of at least 4 members (excludes halogenated alkanes) is 2. The van der Waals surface area contributed by atoms with Gasteiger partial charge < -0.3 is 43.0 Å². The van der Waals surface area contributed by atoms with Crippen molar-refractivity contribution in [3.63, 3.8) is 0 Å². The first-order chi connectivity index (χ1) is 36.2. The minimum absolute atomic E-state index is 0.00744. The number of pyridine rings is 1. The maximum atomic E-state index is 14.0. The average molecular weight is 1030 g/mol. The normalized spacial score (nSPS) is 15.2.